The lowest BCUT2D eigenvalue weighted by Crippen LogP contribution is -2.36. The van der Waals surface area contributed by atoms with Crippen molar-refractivity contribution < 1.29 is 14.7 Å². The maximum Gasteiger partial charge on any atom is 0.223 e. The van der Waals surface area contributed by atoms with Crippen LogP contribution in [-0.4, -0.2) is 22.9 Å². The molecule has 4 nitrogen and oxygen atoms in total. The molecule has 0 saturated heterocycles. The lowest BCUT2D eigenvalue weighted by molar-refractivity contribution is -0.131. The number of benzene rings is 1. The van der Waals surface area contributed by atoms with Crippen LogP contribution in [0.1, 0.15) is 65.4 Å². The number of aliphatic hydroxyl groups is 1. The van der Waals surface area contributed by atoms with Gasteiger partial charge in [-0.1, -0.05) is 60.6 Å². The second-order valence-electron chi connectivity index (χ2n) is 8.82. The summed E-state index contributed by atoms with van der Waals surface area (Å²) in [7, 11) is 0. The monoisotopic (exact) mass is 423 g/mol. The van der Waals surface area contributed by atoms with E-state index in [0.717, 1.165) is 29.6 Å². The van der Waals surface area contributed by atoms with Crippen molar-refractivity contribution in [3.8, 4) is 0 Å². The zero-order valence-corrected chi connectivity index (χ0v) is 19.4. The molecule has 0 bridgehead atoms. The third kappa shape index (κ3) is 8.29. The quantitative estimate of drug-likeness (QED) is 0.647. The van der Waals surface area contributed by atoms with Gasteiger partial charge in [0.2, 0.25) is 5.91 Å². The number of ketones is 1. The van der Waals surface area contributed by atoms with Crippen LogP contribution in [0.25, 0.3) is 0 Å². The summed E-state index contributed by atoms with van der Waals surface area (Å²) < 4.78 is 0. The molecule has 1 aromatic carbocycles. The Bertz CT molecular complexity index is 835. The van der Waals surface area contributed by atoms with E-state index in [1.165, 1.54) is 5.57 Å². The van der Waals surface area contributed by atoms with Crippen molar-refractivity contribution in [1.29, 1.82) is 0 Å². The van der Waals surface area contributed by atoms with E-state index in [1.54, 1.807) is 6.08 Å². The third-order valence-electron chi connectivity index (χ3n) is 6.17. The molecule has 168 valence electrons. The van der Waals surface area contributed by atoms with E-state index in [-0.39, 0.29) is 17.6 Å². The summed E-state index contributed by atoms with van der Waals surface area (Å²) in [5.74, 6) is -0.857. The molecule has 1 aliphatic rings. The van der Waals surface area contributed by atoms with Crippen molar-refractivity contribution in [1.82, 2.24) is 5.32 Å². The Morgan fingerprint density at radius 2 is 1.74 bits per heavy atom. The Hall–Kier alpha value is -2.46. The first-order valence-corrected chi connectivity index (χ1v) is 11.3. The molecule has 0 unspecified atom stereocenters. The molecule has 3 atom stereocenters. The SMILES string of the molecule is C/C1=C\C(=O)[C@@H]([C@H](C)C(=O)NCc2ccccc2)CC/C(C)=C/C/C=C(\C)[C@@H](O)CC1. The van der Waals surface area contributed by atoms with Crippen LogP contribution >= 0.6 is 0 Å². The van der Waals surface area contributed by atoms with Gasteiger partial charge in [0.25, 0.3) is 0 Å². The third-order valence-corrected chi connectivity index (χ3v) is 6.17. The predicted molar refractivity (Wildman–Crippen MR) is 126 cm³/mol. The van der Waals surface area contributed by atoms with Gasteiger partial charge < -0.3 is 10.4 Å². The van der Waals surface area contributed by atoms with Gasteiger partial charge in [0.1, 0.15) is 0 Å². The molecule has 0 heterocycles. The van der Waals surface area contributed by atoms with Crippen molar-refractivity contribution in [2.45, 2.75) is 72.4 Å². The van der Waals surface area contributed by atoms with Crippen LogP contribution in [0.4, 0.5) is 0 Å². The first kappa shape index (κ1) is 24.8. The zero-order valence-electron chi connectivity index (χ0n) is 19.4. The second-order valence-corrected chi connectivity index (χ2v) is 8.82. The van der Waals surface area contributed by atoms with Gasteiger partial charge in [0, 0.05) is 18.4 Å². The summed E-state index contributed by atoms with van der Waals surface area (Å²) in [4.78, 5) is 26.0. The zero-order chi connectivity index (χ0) is 22.8. The lowest BCUT2D eigenvalue weighted by atomic mass is 9.83. The molecule has 1 aromatic rings. The van der Waals surface area contributed by atoms with Gasteiger partial charge in [-0.2, -0.15) is 0 Å². The number of carbonyl (C=O) groups excluding carboxylic acids is 2. The Labute approximate surface area is 187 Å². The van der Waals surface area contributed by atoms with E-state index >= 15 is 0 Å². The summed E-state index contributed by atoms with van der Waals surface area (Å²) in [6.07, 6.45) is 8.86. The van der Waals surface area contributed by atoms with E-state index in [2.05, 4.69) is 24.4 Å². The normalized spacial score (nSPS) is 27.5. The standard InChI is InChI=1S/C27H37NO3/c1-19-9-8-10-21(3)25(29)16-14-20(2)17-26(30)24(15-13-19)22(4)27(31)28-18-23-11-6-5-7-12-23/h5-7,9-12,17,22,24-25,29H,8,13-16,18H2,1-4H3,(H,28,31)/b19-9+,20-17+,21-10+/t22-,24+,25-/m0/s1. The minimum absolute atomic E-state index is 0.00599. The molecular weight excluding hydrogens is 386 g/mol. The Kier molecular flexibility index (Phi) is 9.93. The minimum Gasteiger partial charge on any atom is -0.389 e. The Morgan fingerprint density at radius 1 is 1.06 bits per heavy atom. The smallest absolute Gasteiger partial charge is 0.223 e. The maximum atomic E-state index is 13.1. The maximum absolute atomic E-state index is 13.1. The van der Waals surface area contributed by atoms with Crippen molar-refractivity contribution in [3.63, 3.8) is 0 Å². The van der Waals surface area contributed by atoms with Gasteiger partial charge in [0.15, 0.2) is 5.78 Å². The molecule has 1 aliphatic carbocycles. The summed E-state index contributed by atoms with van der Waals surface area (Å²) in [6.45, 7) is 8.26. The highest BCUT2D eigenvalue weighted by atomic mass is 16.3. The van der Waals surface area contributed by atoms with E-state index in [1.807, 2.05) is 51.1 Å². The van der Waals surface area contributed by atoms with E-state index in [9.17, 15) is 14.7 Å². The molecule has 0 aliphatic heterocycles. The first-order chi connectivity index (χ1) is 14.8. The summed E-state index contributed by atoms with van der Waals surface area (Å²) in [6, 6.07) is 9.79. The predicted octanol–water partition coefficient (Wildman–Crippen LogP) is 5.29. The average Bonchev–Trinajstić information content (AvgIpc) is 2.75. The molecule has 0 fully saturated rings. The highest BCUT2D eigenvalue weighted by molar-refractivity contribution is 5.96. The number of carbonyl (C=O) groups is 2. The number of rotatable bonds is 4. The molecule has 31 heavy (non-hydrogen) atoms. The Morgan fingerprint density at radius 3 is 2.45 bits per heavy atom. The lowest BCUT2D eigenvalue weighted by Gasteiger charge is -2.22. The molecule has 0 saturated carbocycles. The molecule has 1 amide bonds. The van der Waals surface area contributed by atoms with Crippen LogP contribution < -0.4 is 5.32 Å². The molecule has 0 spiro atoms. The summed E-state index contributed by atoms with van der Waals surface area (Å²) in [5.41, 5.74) is 4.16. The van der Waals surface area contributed by atoms with Crippen molar-refractivity contribution in [3.05, 3.63) is 70.8 Å². The van der Waals surface area contributed by atoms with Gasteiger partial charge in [-0.3, -0.25) is 9.59 Å². The van der Waals surface area contributed by atoms with Gasteiger partial charge in [-0.15, -0.1) is 0 Å². The number of hydrogen-bond donors (Lipinski definition) is 2. The fourth-order valence-electron chi connectivity index (χ4n) is 3.85. The number of amides is 1. The van der Waals surface area contributed by atoms with Crippen LogP contribution in [0, 0.1) is 11.8 Å². The van der Waals surface area contributed by atoms with Crippen LogP contribution in [0.3, 0.4) is 0 Å². The van der Waals surface area contributed by atoms with Crippen LogP contribution in [0.2, 0.25) is 0 Å². The van der Waals surface area contributed by atoms with E-state index in [0.29, 0.717) is 25.8 Å². The first-order valence-electron chi connectivity index (χ1n) is 11.3. The molecule has 4 heteroatoms. The summed E-state index contributed by atoms with van der Waals surface area (Å²) >= 11 is 0. The van der Waals surface area contributed by atoms with Crippen LogP contribution in [0.15, 0.2) is 65.3 Å². The van der Waals surface area contributed by atoms with Gasteiger partial charge >= 0.3 is 0 Å². The fourth-order valence-corrected chi connectivity index (χ4v) is 3.85. The molecule has 0 radical (unpaired) electrons. The molecule has 2 N–H and O–H groups in total. The van der Waals surface area contributed by atoms with Crippen molar-refractivity contribution in [2.24, 2.45) is 11.8 Å². The molecule has 2 rings (SSSR count). The molecule has 0 aromatic heterocycles. The number of allylic oxidation sites excluding steroid dienone is 5. The number of aliphatic hydroxyl groups excluding tert-OH is 1. The Balaban J connectivity index is 2.15. The average molecular weight is 424 g/mol. The molecular formula is C27H37NO3. The van der Waals surface area contributed by atoms with Crippen molar-refractivity contribution in [2.75, 3.05) is 0 Å². The van der Waals surface area contributed by atoms with Gasteiger partial charge in [0.05, 0.1) is 6.10 Å². The van der Waals surface area contributed by atoms with Crippen LogP contribution in [0.5, 0.6) is 0 Å². The fraction of sp³-hybridized carbons (Fsp3) is 0.481. The summed E-state index contributed by atoms with van der Waals surface area (Å²) in [5, 5.41) is 13.3. The number of nitrogens with one attached hydrogen (secondary N) is 1. The van der Waals surface area contributed by atoms with Gasteiger partial charge in [-0.25, -0.2) is 0 Å². The van der Waals surface area contributed by atoms with Gasteiger partial charge in [-0.05, 0) is 70.1 Å². The number of hydrogen-bond acceptors (Lipinski definition) is 3. The topological polar surface area (TPSA) is 66.4 Å². The van der Waals surface area contributed by atoms with E-state index < -0.39 is 12.0 Å². The highest BCUT2D eigenvalue weighted by Gasteiger charge is 2.29. The minimum atomic E-state index is -0.492. The van der Waals surface area contributed by atoms with Crippen LogP contribution in [-0.2, 0) is 16.1 Å². The largest absolute Gasteiger partial charge is 0.389 e. The highest BCUT2D eigenvalue weighted by Crippen LogP contribution is 2.25. The van der Waals surface area contributed by atoms with E-state index in [4.69, 9.17) is 0 Å². The second kappa shape index (κ2) is 12.4. The van der Waals surface area contributed by atoms with Crippen molar-refractivity contribution >= 4 is 11.7 Å².